The molecule has 0 aromatic rings. The second kappa shape index (κ2) is 47.6. The van der Waals surface area contributed by atoms with E-state index in [1.54, 1.807) is 55.4 Å². The van der Waals surface area contributed by atoms with Crippen molar-refractivity contribution in [3.63, 3.8) is 0 Å². The molecule has 0 bridgehead atoms. The zero-order chi connectivity index (χ0) is 85.9. The van der Waals surface area contributed by atoms with Crippen LogP contribution >= 0.6 is 0 Å². The Balaban J connectivity index is 0.000000641. The minimum absolute atomic E-state index is 0.00146. The predicted octanol–water partition coefficient (Wildman–Crippen LogP) is 25.2. The van der Waals surface area contributed by atoms with E-state index in [0.29, 0.717) is 56.4 Å². The molecule has 8 aliphatic rings. The molecule has 0 N–H and O–H groups in total. The van der Waals surface area contributed by atoms with Gasteiger partial charge in [0, 0.05) is 55.4 Å². The maximum atomic E-state index is 11.7. The van der Waals surface area contributed by atoms with Crippen LogP contribution in [0.5, 0.6) is 0 Å². The zero-order valence-electron chi connectivity index (χ0n) is 75.2. The number of hydrogen-bond acceptors (Lipinski definition) is 16. The number of ether oxygens (including phenoxy) is 8. The second-order valence-electron chi connectivity index (χ2n) is 37.3. The van der Waals surface area contributed by atoms with Gasteiger partial charge in [-0.1, -0.05) is 161 Å². The third kappa shape index (κ3) is 34.6. The Bertz CT molecular complexity index is 3120. The van der Waals surface area contributed by atoms with Crippen molar-refractivity contribution in [3.05, 3.63) is 97.2 Å². The molecule has 0 spiro atoms. The lowest BCUT2D eigenvalue weighted by Crippen LogP contribution is -2.48. The van der Waals surface area contributed by atoms with Crippen LogP contribution in [-0.2, 0) is 76.3 Å². The summed E-state index contributed by atoms with van der Waals surface area (Å²) in [6.45, 7) is 72.1. The normalized spacial score (nSPS) is 20.1. The van der Waals surface area contributed by atoms with Gasteiger partial charge in [-0.2, -0.15) is 0 Å². The fraction of sp³-hybridized carbons (Fsp3) is 0.750. The van der Waals surface area contributed by atoms with E-state index >= 15 is 0 Å². The molecule has 8 saturated carbocycles. The fourth-order valence-electron chi connectivity index (χ4n) is 16.0. The maximum Gasteiger partial charge on any atom is 0.333 e. The van der Waals surface area contributed by atoms with E-state index < -0.39 is 0 Å². The topological polar surface area (TPSA) is 210 Å². The third-order valence-electron chi connectivity index (χ3n) is 24.5. The SMILES string of the molecule is C=C(C)C(=O)OC1(C(C)(C)C)CCCC1.C=C(C)C(=O)OC1(C(C)(C)C)CCCCC1.C=C(C)C(=O)OC1(C(C)C)CCCC1.C=C(C)C(=O)OC1(C(C)C)CCCCC1.C=C(C)C(=O)OC1(C)CCCC1.C=C(C)C(=O)OC1(C)CCCCC1.C=C(C)C(=O)OC1(CC)CCCC1.C=C(C)C(=O)OC1(CC)CCCCC1. The number of carbonyl (C=O) groups excluding carboxylic acids is 8. The number of rotatable bonds is 20. The minimum atomic E-state index is -0.290. The summed E-state index contributed by atoms with van der Waals surface area (Å²) in [4.78, 5) is 91.7. The molecule has 0 atom stereocenters. The molecule has 640 valence electrons. The maximum absolute atomic E-state index is 11.7. The average molecular weight is 1570 g/mol. The van der Waals surface area contributed by atoms with Crippen LogP contribution in [0.15, 0.2) is 97.2 Å². The Morgan fingerprint density at radius 1 is 0.259 bits per heavy atom. The van der Waals surface area contributed by atoms with E-state index in [1.807, 2.05) is 13.8 Å². The van der Waals surface area contributed by atoms with Crippen molar-refractivity contribution < 1.29 is 76.3 Å². The summed E-state index contributed by atoms with van der Waals surface area (Å²) >= 11 is 0. The van der Waals surface area contributed by atoms with Gasteiger partial charge in [-0.3, -0.25) is 0 Å². The molecule has 0 aliphatic heterocycles. The molecule has 112 heavy (non-hydrogen) atoms. The molecule has 0 heterocycles. The van der Waals surface area contributed by atoms with Gasteiger partial charge >= 0.3 is 47.8 Å². The van der Waals surface area contributed by atoms with Crippen molar-refractivity contribution in [2.75, 3.05) is 0 Å². The molecule has 8 fully saturated rings. The van der Waals surface area contributed by atoms with E-state index in [1.165, 1.54) is 103 Å². The van der Waals surface area contributed by atoms with Crippen molar-refractivity contribution in [2.24, 2.45) is 22.7 Å². The van der Waals surface area contributed by atoms with Gasteiger partial charge < -0.3 is 37.9 Å². The summed E-state index contributed by atoms with van der Waals surface area (Å²) in [5.41, 5.74) is 2.17. The fourth-order valence-corrected chi connectivity index (χ4v) is 16.0. The Hall–Kier alpha value is -6.32. The van der Waals surface area contributed by atoms with Gasteiger partial charge in [0.2, 0.25) is 0 Å². The lowest BCUT2D eigenvalue weighted by molar-refractivity contribution is -0.175. The highest BCUT2D eigenvalue weighted by molar-refractivity contribution is 5.90. The van der Waals surface area contributed by atoms with Crippen molar-refractivity contribution in [1.29, 1.82) is 0 Å². The van der Waals surface area contributed by atoms with E-state index in [0.717, 1.165) is 141 Å². The predicted molar refractivity (Wildman–Crippen MR) is 456 cm³/mol. The first kappa shape index (κ1) is 104. The third-order valence-corrected chi connectivity index (χ3v) is 24.5. The van der Waals surface area contributed by atoms with Gasteiger partial charge in [-0.05, 0) is 299 Å². The standard InChI is InChI=1S/C14H24O2.2C13H22O2.2C12H20O2.2C11H18O2.C10H16O2/c1-11(2)12(15)16-14(13(3,4)5)9-7-6-8-10-14;1-10(2)11(14)15-13(12(3,4)5)8-6-7-9-13;1-10(2)12(14)15-13(11(3)4)8-6-5-7-9-13;1-9(2)11(13)14-12(10(3)4)7-5-6-8-12;1-4-12(8-6-5-7-9-12)14-11(13)10(2)3;1-9(2)10(12)13-11(3)7-5-4-6-8-11;1-4-11(7-5-6-8-11)13-10(12)9(2)3;1-8(2)9(11)12-10(3)6-4-5-7-10/h1,6-10H2,2-5H3;1,6-9H2,2-5H3;11H,1,5-9H2,2-4H3;10H,1,5-8H2,2-4H3;2,4-9H2,1,3H3;1,4-8H2,2-3H3;2,4-8H2,1,3H3;1,4-7H2,2-3H3. The lowest BCUT2D eigenvalue weighted by atomic mass is 9.68. The van der Waals surface area contributed by atoms with E-state index in [4.69, 9.17) is 37.9 Å². The van der Waals surface area contributed by atoms with Crippen molar-refractivity contribution in [2.45, 2.75) is 441 Å². The van der Waals surface area contributed by atoms with Crippen LogP contribution in [-0.4, -0.2) is 92.6 Å². The molecule has 16 nitrogen and oxygen atoms in total. The first-order valence-electron chi connectivity index (χ1n) is 42.9. The van der Waals surface area contributed by atoms with Crippen LogP contribution in [0, 0.1) is 22.7 Å². The monoisotopic (exact) mass is 1570 g/mol. The summed E-state index contributed by atoms with van der Waals surface area (Å²) in [6, 6.07) is 0. The van der Waals surface area contributed by atoms with Crippen molar-refractivity contribution in [1.82, 2.24) is 0 Å². The average Bonchev–Trinajstić information content (AvgIpc) is 1.39. The Kier molecular flexibility index (Phi) is 44.1. The Labute approximate surface area is 681 Å². The molecule has 8 rings (SSSR count). The van der Waals surface area contributed by atoms with E-state index in [-0.39, 0.29) is 103 Å². The smallest absolute Gasteiger partial charge is 0.333 e. The van der Waals surface area contributed by atoms with Crippen LogP contribution in [0.3, 0.4) is 0 Å². The number of carbonyl (C=O) groups is 8. The largest absolute Gasteiger partial charge is 0.456 e. The first-order valence-corrected chi connectivity index (χ1v) is 42.9. The van der Waals surface area contributed by atoms with Crippen molar-refractivity contribution in [3.8, 4) is 0 Å². The van der Waals surface area contributed by atoms with Gasteiger partial charge in [0.05, 0.1) is 0 Å². The molecular formula is C96H160O16. The summed E-state index contributed by atoms with van der Waals surface area (Å²) in [7, 11) is 0. The molecule has 0 aromatic heterocycles. The van der Waals surface area contributed by atoms with E-state index in [9.17, 15) is 38.4 Å². The van der Waals surface area contributed by atoms with E-state index in [2.05, 4.69) is 136 Å². The molecule has 0 amide bonds. The Morgan fingerprint density at radius 3 is 0.652 bits per heavy atom. The highest BCUT2D eigenvalue weighted by Gasteiger charge is 2.49. The molecule has 8 aliphatic carbocycles. The summed E-state index contributed by atoms with van der Waals surface area (Å²) in [6.07, 6.45) is 41.5. The number of esters is 8. The number of hydrogen-bond donors (Lipinski definition) is 0. The van der Waals surface area contributed by atoms with Gasteiger partial charge in [0.25, 0.3) is 0 Å². The van der Waals surface area contributed by atoms with Gasteiger partial charge in [-0.15, -0.1) is 0 Å². The summed E-state index contributed by atoms with van der Waals surface area (Å²) < 4.78 is 44.4. The molecule has 16 heteroatoms. The van der Waals surface area contributed by atoms with Crippen LogP contribution in [0.25, 0.3) is 0 Å². The second-order valence-corrected chi connectivity index (χ2v) is 37.3. The minimum Gasteiger partial charge on any atom is -0.456 e. The summed E-state index contributed by atoms with van der Waals surface area (Å²) in [5, 5.41) is 0. The van der Waals surface area contributed by atoms with Crippen LogP contribution < -0.4 is 0 Å². The lowest BCUT2D eigenvalue weighted by Gasteiger charge is -2.46. The highest BCUT2D eigenvalue weighted by Crippen LogP contribution is 2.48. The molecule has 0 unspecified atom stereocenters. The van der Waals surface area contributed by atoms with Crippen LogP contribution in [0.1, 0.15) is 396 Å². The first-order chi connectivity index (χ1) is 51.8. The van der Waals surface area contributed by atoms with Crippen LogP contribution in [0.4, 0.5) is 0 Å². The van der Waals surface area contributed by atoms with Gasteiger partial charge in [0.1, 0.15) is 44.8 Å². The van der Waals surface area contributed by atoms with Gasteiger partial charge in [-0.25, -0.2) is 38.4 Å². The zero-order valence-corrected chi connectivity index (χ0v) is 75.2. The highest BCUT2D eigenvalue weighted by atomic mass is 16.6. The van der Waals surface area contributed by atoms with Gasteiger partial charge in [0.15, 0.2) is 0 Å². The quantitative estimate of drug-likeness (QED) is 0.0630. The van der Waals surface area contributed by atoms with Crippen LogP contribution in [0.2, 0.25) is 0 Å². The molecule has 0 saturated heterocycles. The molecular weight excluding hydrogens is 1410 g/mol. The molecule has 0 radical (unpaired) electrons. The summed E-state index contributed by atoms with van der Waals surface area (Å²) in [5.74, 6) is -1.12. The molecule has 0 aromatic carbocycles. The van der Waals surface area contributed by atoms with Crippen molar-refractivity contribution >= 4 is 47.8 Å². The Morgan fingerprint density at radius 2 is 0.429 bits per heavy atom.